The summed E-state index contributed by atoms with van der Waals surface area (Å²) in [4.78, 5) is 22.9. The smallest absolute Gasteiger partial charge is 0.255 e. The third-order valence-electron chi connectivity index (χ3n) is 2.47. The largest absolute Gasteiger partial charge is 0.320 e. The summed E-state index contributed by atoms with van der Waals surface area (Å²) >= 11 is 0. The number of nitrogens with one attached hydrogen (secondary N) is 2. The molecule has 0 spiro atoms. The van der Waals surface area contributed by atoms with Gasteiger partial charge in [-0.15, -0.1) is 0 Å². The van der Waals surface area contributed by atoms with E-state index in [0.717, 1.165) is 5.56 Å². The highest BCUT2D eigenvalue weighted by atomic mass is 16.2. The summed E-state index contributed by atoms with van der Waals surface area (Å²) in [6, 6.07) is 8.80. The Balaban J connectivity index is 2.40. The lowest BCUT2D eigenvalue weighted by Crippen LogP contribution is -2.50. The number of amides is 2. The maximum Gasteiger partial charge on any atom is 0.255 e. The van der Waals surface area contributed by atoms with Gasteiger partial charge in [0.05, 0.1) is 6.04 Å². The van der Waals surface area contributed by atoms with Crippen LogP contribution in [0, 0.1) is 5.92 Å². The van der Waals surface area contributed by atoms with Crippen molar-refractivity contribution in [1.82, 2.24) is 10.9 Å². The molecular formula is C13H19N3O2. The molecule has 98 valence electrons. The van der Waals surface area contributed by atoms with Crippen LogP contribution in [0.2, 0.25) is 0 Å². The molecule has 2 amide bonds. The van der Waals surface area contributed by atoms with Crippen molar-refractivity contribution in [2.24, 2.45) is 11.7 Å². The van der Waals surface area contributed by atoms with Crippen molar-refractivity contribution in [2.45, 2.75) is 26.3 Å². The molecule has 5 nitrogen and oxygen atoms in total. The number of benzene rings is 1. The van der Waals surface area contributed by atoms with E-state index < -0.39 is 11.9 Å². The molecule has 18 heavy (non-hydrogen) atoms. The van der Waals surface area contributed by atoms with Gasteiger partial charge in [-0.3, -0.25) is 20.4 Å². The van der Waals surface area contributed by atoms with E-state index in [4.69, 9.17) is 5.73 Å². The fourth-order valence-corrected chi connectivity index (χ4v) is 1.32. The summed E-state index contributed by atoms with van der Waals surface area (Å²) in [5.41, 5.74) is 11.4. The van der Waals surface area contributed by atoms with Crippen LogP contribution in [0.1, 0.15) is 19.4 Å². The van der Waals surface area contributed by atoms with Gasteiger partial charge >= 0.3 is 0 Å². The Morgan fingerprint density at radius 2 is 1.67 bits per heavy atom. The Labute approximate surface area is 107 Å². The van der Waals surface area contributed by atoms with Crippen LogP contribution in [0.4, 0.5) is 0 Å². The van der Waals surface area contributed by atoms with Crippen molar-refractivity contribution in [3.8, 4) is 0 Å². The van der Waals surface area contributed by atoms with Crippen molar-refractivity contribution >= 4 is 11.8 Å². The number of carbonyl (C=O) groups is 2. The first-order chi connectivity index (χ1) is 8.50. The molecule has 1 unspecified atom stereocenters. The maximum atomic E-state index is 11.6. The van der Waals surface area contributed by atoms with E-state index in [1.165, 1.54) is 0 Å². The van der Waals surface area contributed by atoms with Gasteiger partial charge in [0.1, 0.15) is 0 Å². The lowest BCUT2D eigenvalue weighted by Gasteiger charge is -2.14. The van der Waals surface area contributed by atoms with E-state index in [1.807, 2.05) is 30.3 Å². The quantitative estimate of drug-likeness (QED) is 0.674. The SMILES string of the molecule is CC(C)C(=O)NNC(=O)C(N)Cc1ccccc1. The molecule has 0 saturated heterocycles. The van der Waals surface area contributed by atoms with Gasteiger partial charge in [0.15, 0.2) is 0 Å². The third kappa shape index (κ3) is 4.55. The van der Waals surface area contributed by atoms with E-state index in [0.29, 0.717) is 6.42 Å². The highest BCUT2D eigenvalue weighted by Crippen LogP contribution is 2.01. The summed E-state index contributed by atoms with van der Waals surface area (Å²) in [6.07, 6.45) is 0.435. The lowest BCUT2D eigenvalue weighted by atomic mass is 10.1. The molecule has 0 saturated carbocycles. The van der Waals surface area contributed by atoms with E-state index in [1.54, 1.807) is 13.8 Å². The Morgan fingerprint density at radius 1 is 1.11 bits per heavy atom. The topological polar surface area (TPSA) is 84.2 Å². The van der Waals surface area contributed by atoms with Gasteiger partial charge in [-0.05, 0) is 12.0 Å². The van der Waals surface area contributed by atoms with Crippen LogP contribution in [-0.2, 0) is 16.0 Å². The summed E-state index contributed by atoms with van der Waals surface area (Å²) in [5.74, 6) is -0.821. The zero-order valence-corrected chi connectivity index (χ0v) is 10.6. The number of nitrogens with two attached hydrogens (primary N) is 1. The molecule has 0 fully saturated rings. The van der Waals surface area contributed by atoms with Crippen molar-refractivity contribution < 1.29 is 9.59 Å². The standard InChI is InChI=1S/C13H19N3O2/c1-9(2)12(17)15-16-13(18)11(14)8-10-6-4-3-5-7-10/h3-7,9,11H,8,14H2,1-2H3,(H,15,17)(H,16,18). The van der Waals surface area contributed by atoms with Crippen molar-refractivity contribution in [1.29, 1.82) is 0 Å². The van der Waals surface area contributed by atoms with E-state index in [-0.39, 0.29) is 11.8 Å². The molecule has 1 atom stereocenters. The van der Waals surface area contributed by atoms with Gasteiger partial charge in [-0.25, -0.2) is 0 Å². The van der Waals surface area contributed by atoms with Crippen LogP contribution < -0.4 is 16.6 Å². The van der Waals surface area contributed by atoms with Crippen LogP contribution >= 0.6 is 0 Å². The molecular weight excluding hydrogens is 230 g/mol. The Morgan fingerprint density at radius 3 is 2.22 bits per heavy atom. The summed E-state index contributed by atoms with van der Waals surface area (Å²) in [5, 5.41) is 0. The minimum Gasteiger partial charge on any atom is -0.320 e. The Hall–Kier alpha value is -1.88. The molecule has 0 aromatic heterocycles. The first-order valence-corrected chi connectivity index (χ1v) is 5.90. The predicted octanol–water partition coefficient (Wildman–Crippen LogP) is 0.360. The average Bonchev–Trinajstić information content (AvgIpc) is 2.36. The highest BCUT2D eigenvalue weighted by molar-refractivity contribution is 5.85. The van der Waals surface area contributed by atoms with Crippen LogP contribution in [0.5, 0.6) is 0 Å². The predicted molar refractivity (Wildman–Crippen MR) is 69.2 cm³/mol. The molecule has 0 aliphatic rings. The van der Waals surface area contributed by atoms with Crippen LogP contribution in [-0.4, -0.2) is 17.9 Å². The van der Waals surface area contributed by atoms with Gasteiger partial charge in [0, 0.05) is 5.92 Å². The second-order valence-electron chi connectivity index (χ2n) is 4.43. The first kappa shape index (κ1) is 14.2. The van der Waals surface area contributed by atoms with Gasteiger partial charge in [0.25, 0.3) is 5.91 Å². The molecule has 1 aromatic carbocycles. The first-order valence-electron chi connectivity index (χ1n) is 5.90. The fourth-order valence-electron chi connectivity index (χ4n) is 1.32. The van der Waals surface area contributed by atoms with E-state index in [9.17, 15) is 9.59 Å². The molecule has 0 aliphatic carbocycles. The lowest BCUT2D eigenvalue weighted by molar-refractivity contribution is -0.131. The van der Waals surface area contributed by atoms with Crippen LogP contribution in [0.25, 0.3) is 0 Å². The van der Waals surface area contributed by atoms with Crippen molar-refractivity contribution in [3.63, 3.8) is 0 Å². The minimum absolute atomic E-state index is 0.185. The third-order valence-corrected chi connectivity index (χ3v) is 2.47. The van der Waals surface area contributed by atoms with Gasteiger partial charge in [0.2, 0.25) is 5.91 Å². The second-order valence-corrected chi connectivity index (χ2v) is 4.43. The highest BCUT2D eigenvalue weighted by Gasteiger charge is 2.15. The van der Waals surface area contributed by atoms with E-state index >= 15 is 0 Å². The zero-order chi connectivity index (χ0) is 13.5. The molecule has 0 aliphatic heterocycles. The van der Waals surface area contributed by atoms with Crippen molar-refractivity contribution in [3.05, 3.63) is 35.9 Å². The second kappa shape index (κ2) is 6.76. The normalized spacial score (nSPS) is 12.0. The van der Waals surface area contributed by atoms with Crippen LogP contribution in [0.15, 0.2) is 30.3 Å². The Kier molecular flexibility index (Phi) is 5.32. The number of carbonyl (C=O) groups excluding carboxylic acids is 2. The molecule has 0 heterocycles. The number of hydrazine groups is 1. The molecule has 0 radical (unpaired) electrons. The van der Waals surface area contributed by atoms with E-state index in [2.05, 4.69) is 10.9 Å². The fraction of sp³-hybridized carbons (Fsp3) is 0.385. The molecule has 5 heteroatoms. The maximum absolute atomic E-state index is 11.6. The number of hydrogen-bond donors (Lipinski definition) is 3. The average molecular weight is 249 g/mol. The molecule has 4 N–H and O–H groups in total. The summed E-state index contributed by atoms with van der Waals surface area (Å²) < 4.78 is 0. The Bertz CT molecular complexity index is 404. The summed E-state index contributed by atoms with van der Waals surface area (Å²) in [6.45, 7) is 3.48. The molecule has 1 rings (SSSR count). The van der Waals surface area contributed by atoms with Crippen molar-refractivity contribution in [2.75, 3.05) is 0 Å². The van der Waals surface area contributed by atoms with Gasteiger partial charge in [-0.2, -0.15) is 0 Å². The minimum atomic E-state index is -0.681. The van der Waals surface area contributed by atoms with Crippen LogP contribution in [0.3, 0.4) is 0 Å². The van der Waals surface area contributed by atoms with Gasteiger partial charge in [-0.1, -0.05) is 44.2 Å². The molecule has 0 bridgehead atoms. The summed E-state index contributed by atoms with van der Waals surface area (Å²) in [7, 11) is 0. The molecule has 1 aromatic rings. The zero-order valence-electron chi connectivity index (χ0n) is 10.6. The van der Waals surface area contributed by atoms with Gasteiger partial charge < -0.3 is 5.73 Å². The number of rotatable bonds is 4. The monoisotopic (exact) mass is 249 g/mol. The number of hydrogen-bond acceptors (Lipinski definition) is 3.